The van der Waals surface area contributed by atoms with Crippen molar-refractivity contribution in [3.63, 3.8) is 0 Å². The number of aliphatic imine (C=N–C) groups is 1. The highest BCUT2D eigenvalue weighted by molar-refractivity contribution is 5.92. The lowest BCUT2D eigenvalue weighted by Crippen LogP contribution is -2.38. The van der Waals surface area contributed by atoms with Gasteiger partial charge in [-0.3, -0.25) is 10.1 Å². The summed E-state index contributed by atoms with van der Waals surface area (Å²) in [5.41, 5.74) is 6.42. The summed E-state index contributed by atoms with van der Waals surface area (Å²) in [5, 5.41) is 10.5. The number of benzene rings is 1. The molecule has 0 atom stereocenters. The number of guanidine groups is 1. The molecule has 1 aliphatic rings. The zero-order valence-electron chi connectivity index (χ0n) is 17.6. The van der Waals surface area contributed by atoms with Gasteiger partial charge in [0.15, 0.2) is 5.96 Å². The summed E-state index contributed by atoms with van der Waals surface area (Å²) in [7, 11) is 0. The highest BCUT2D eigenvalue weighted by Gasteiger charge is 2.21. The molecule has 170 valence electrons. The predicted molar refractivity (Wildman–Crippen MR) is 114 cm³/mol. The molecule has 2 aromatic rings. The van der Waals surface area contributed by atoms with E-state index in [-0.39, 0.29) is 35.5 Å². The highest BCUT2D eigenvalue weighted by atomic mass is 19.1. The van der Waals surface area contributed by atoms with Gasteiger partial charge in [0.05, 0.1) is 13.2 Å². The maximum atomic E-state index is 14.9. The molecule has 2 amide bonds. The first kappa shape index (κ1) is 22.9. The third-order valence-electron chi connectivity index (χ3n) is 5.18. The fourth-order valence-electron chi connectivity index (χ4n) is 3.38. The van der Waals surface area contributed by atoms with E-state index < -0.39 is 11.9 Å². The summed E-state index contributed by atoms with van der Waals surface area (Å²) < 4.78 is 20.6. The molecule has 0 radical (unpaired) electrons. The minimum atomic E-state index is -1.35. The summed E-state index contributed by atoms with van der Waals surface area (Å²) in [6.45, 7) is 3.35. The molecule has 3 rings (SSSR count). The monoisotopic (exact) mass is 444 g/mol. The number of hydrogen-bond donors (Lipinski definition) is 3. The van der Waals surface area contributed by atoms with Crippen LogP contribution in [0.5, 0.6) is 6.01 Å². The highest BCUT2D eigenvalue weighted by Crippen LogP contribution is 2.25. The Morgan fingerprint density at radius 2 is 2.00 bits per heavy atom. The summed E-state index contributed by atoms with van der Waals surface area (Å²) in [6.07, 6.45) is 3.34. The Balaban J connectivity index is 1.60. The lowest BCUT2D eigenvalue weighted by atomic mass is 9.98. The Morgan fingerprint density at radius 1 is 1.31 bits per heavy atom. The van der Waals surface area contributed by atoms with E-state index in [1.54, 1.807) is 19.1 Å². The number of nitrogens with zero attached hydrogens (tertiary/aromatic N) is 4. The van der Waals surface area contributed by atoms with Crippen LogP contribution in [0, 0.1) is 11.7 Å². The molecule has 0 spiro atoms. The SMILES string of the molecule is CC(=O)N1CCC(COc2ncc(-c3cccc(CN=C(N)NC(=O)O)c3F)cn2)CC1. The van der Waals surface area contributed by atoms with Gasteiger partial charge in [-0.15, -0.1) is 0 Å². The minimum Gasteiger partial charge on any atom is -0.465 e. The number of halogens is 1. The quantitative estimate of drug-likeness (QED) is 0.457. The lowest BCUT2D eigenvalue weighted by Gasteiger charge is -2.30. The molecule has 0 unspecified atom stereocenters. The fourth-order valence-corrected chi connectivity index (χ4v) is 3.38. The number of carbonyl (C=O) groups is 2. The van der Waals surface area contributed by atoms with Crippen molar-refractivity contribution in [2.75, 3.05) is 19.7 Å². The molecular weight excluding hydrogens is 419 g/mol. The molecule has 11 heteroatoms. The molecule has 4 N–H and O–H groups in total. The Kier molecular flexibility index (Phi) is 7.53. The molecule has 10 nitrogen and oxygen atoms in total. The zero-order chi connectivity index (χ0) is 23.1. The van der Waals surface area contributed by atoms with Crippen LogP contribution in [0.2, 0.25) is 0 Å². The van der Waals surface area contributed by atoms with E-state index in [2.05, 4.69) is 15.0 Å². The van der Waals surface area contributed by atoms with Gasteiger partial charge in [-0.1, -0.05) is 18.2 Å². The van der Waals surface area contributed by atoms with Crippen LogP contribution in [0.25, 0.3) is 11.1 Å². The number of carbonyl (C=O) groups excluding carboxylic acids is 1. The number of rotatable bonds is 6. The second-order valence-corrected chi connectivity index (χ2v) is 7.43. The van der Waals surface area contributed by atoms with E-state index in [1.807, 2.05) is 10.2 Å². The number of nitrogens with one attached hydrogen (secondary N) is 1. The normalized spacial score (nSPS) is 14.8. The molecule has 2 heterocycles. The van der Waals surface area contributed by atoms with Crippen molar-refractivity contribution in [2.45, 2.75) is 26.3 Å². The lowest BCUT2D eigenvalue weighted by molar-refractivity contribution is -0.130. The molecule has 1 aliphatic heterocycles. The summed E-state index contributed by atoms with van der Waals surface area (Å²) >= 11 is 0. The van der Waals surface area contributed by atoms with Crippen LogP contribution in [-0.2, 0) is 11.3 Å². The number of ether oxygens (including phenoxy) is 1. The Hall–Kier alpha value is -3.76. The number of carboxylic acid groups (broad SMARTS) is 1. The van der Waals surface area contributed by atoms with Crippen molar-refractivity contribution in [3.05, 3.63) is 42.0 Å². The number of hydrogen-bond acceptors (Lipinski definition) is 6. The average molecular weight is 444 g/mol. The summed E-state index contributed by atoms with van der Waals surface area (Å²) in [4.78, 5) is 35.9. The van der Waals surface area contributed by atoms with Crippen molar-refractivity contribution in [3.8, 4) is 17.1 Å². The van der Waals surface area contributed by atoms with Crippen LogP contribution < -0.4 is 15.8 Å². The van der Waals surface area contributed by atoms with Crippen molar-refractivity contribution in [1.29, 1.82) is 0 Å². The molecule has 32 heavy (non-hydrogen) atoms. The largest absolute Gasteiger partial charge is 0.465 e. The van der Waals surface area contributed by atoms with Gasteiger partial charge in [0.1, 0.15) is 5.82 Å². The van der Waals surface area contributed by atoms with Crippen LogP contribution >= 0.6 is 0 Å². The topological polar surface area (TPSA) is 143 Å². The van der Waals surface area contributed by atoms with Crippen LogP contribution in [0.1, 0.15) is 25.3 Å². The number of amides is 2. The first-order valence-electron chi connectivity index (χ1n) is 10.1. The molecule has 1 fully saturated rings. The van der Waals surface area contributed by atoms with E-state index in [1.165, 1.54) is 18.5 Å². The first-order valence-corrected chi connectivity index (χ1v) is 10.1. The standard InChI is InChI=1S/C21H25FN6O4/c1-13(29)28-7-5-14(6-8-28)12-32-20-25-10-16(11-26-20)17-4-2-3-15(18(17)22)9-24-19(23)27-21(30)31/h2-4,10-11,14H,5-9,12H2,1H3,(H,30,31)(H3,23,24,27). The van der Waals surface area contributed by atoms with Crippen LogP contribution in [-0.4, -0.2) is 57.6 Å². The van der Waals surface area contributed by atoms with E-state index in [4.69, 9.17) is 15.6 Å². The molecular formula is C21H25FN6O4. The van der Waals surface area contributed by atoms with Gasteiger partial charge in [-0.25, -0.2) is 24.1 Å². The van der Waals surface area contributed by atoms with Gasteiger partial charge in [-0.2, -0.15) is 0 Å². The Morgan fingerprint density at radius 3 is 2.62 bits per heavy atom. The molecule has 0 aliphatic carbocycles. The molecule has 1 aromatic carbocycles. The van der Waals surface area contributed by atoms with Crippen LogP contribution in [0.15, 0.2) is 35.6 Å². The van der Waals surface area contributed by atoms with Crippen molar-refractivity contribution in [1.82, 2.24) is 20.2 Å². The molecule has 0 bridgehead atoms. The third kappa shape index (κ3) is 6.13. The van der Waals surface area contributed by atoms with E-state index in [0.29, 0.717) is 18.1 Å². The van der Waals surface area contributed by atoms with Crippen LogP contribution in [0.4, 0.5) is 9.18 Å². The van der Waals surface area contributed by atoms with Gasteiger partial charge in [-0.05, 0) is 18.8 Å². The maximum absolute atomic E-state index is 14.9. The third-order valence-corrected chi connectivity index (χ3v) is 5.18. The summed E-state index contributed by atoms with van der Waals surface area (Å²) in [5.74, 6) is -0.425. The van der Waals surface area contributed by atoms with E-state index in [9.17, 15) is 14.0 Å². The van der Waals surface area contributed by atoms with E-state index in [0.717, 1.165) is 25.9 Å². The Bertz CT molecular complexity index is 990. The van der Waals surface area contributed by atoms with Gasteiger partial charge < -0.3 is 20.5 Å². The zero-order valence-corrected chi connectivity index (χ0v) is 17.6. The number of piperidine rings is 1. The molecule has 1 saturated heterocycles. The van der Waals surface area contributed by atoms with Crippen molar-refractivity contribution >= 4 is 18.0 Å². The van der Waals surface area contributed by atoms with Gasteiger partial charge in [0.2, 0.25) is 5.91 Å². The average Bonchev–Trinajstić information content (AvgIpc) is 2.77. The number of nitrogens with two attached hydrogens (primary N) is 1. The molecule has 0 saturated carbocycles. The Labute approximate surface area is 184 Å². The maximum Gasteiger partial charge on any atom is 0.411 e. The van der Waals surface area contributed by atoms with Gasteiger partial charge in [0.25, 0.3) is 0 Å². The van der Waals surface area contributed by atoms with Gasteiger partial charge >= 0.3 is 12.1 Å². The number of aromatic nitrogens is 2. The van der Waals surface area contributed by atoms with Crippen LogP contribution in [0.3, 0.4) is 0 Å². The number of likely N-dealkylation sites (tertiary alicyclic amines) is 1. The fraction of sp³-hybridized carbons (Fsp3) is 0.381. The first-order chi connectivity index (χ1) is 15.3. The smallest absolute Gasteiger partial charge is 0.411 e. The van der Waals surface area contributed by atoms with E-state index >= 15 is 0 Å². The molecule has 1 aromatic heterocycles. The second-order valence-electron chi connectivity index (χ2n) is 7.43. The minimum absolute atomic E-state index is 0.0896. The predicted octanol–water partition coefficient (Wildman–Crippen LogP) is 2.00. The van der Waals surface area contributed by atoms with Crippen molar-refractivity contribution < 1.29 is 23.8 Å². The van der Waals surface area contributed by atoms with Gasteiger partial charge in [0, 0.05) is 49.1 Å². The second kappa shape index (κ2) is 10.5. The van der Waals surface area contributed by atoms with Crippen molar-refractivity contribution in [2.24, 2.45) is 16.6 Å². The summed E-state index contributed by atoms with van der Waals surface area (Å²) in [6, 6.07) is 4.98.